The predicted octanol–water partition coefficient (Wildman–Crippen LogP) is 2.69. The maximum absolute atomic E-state index is 13.2. The van der Waals surface area contributed by atoms with Crippen LogP contribution >= 0.6 is 0 Å². The molecule has 5 nitrogen and oxygen atoms in total. The Morgan fingerprint density at radius 1 is 1.35 bits per heavy atom. The average molecular weight is 311 g/mol. The first-order chi connectivity index (χ1) is 11.1. The summed E-state index contributed by atoms with van der Waals surface area (Å²) in [6.45, 7) is 4.30. The number of rotatable bonds is 2. The van der Waals surface area contributed by atoms with Gasteiger partial charge in [-0.05, 0) is 18.1 Å². The van der Waals surface area contributed by atoms with Gasteiger partial charge in [-0.25, -0.2) is 0 Å². The summed E-state index contributed by atoms with van der Waals surface area (Å²) >= 11 is 0. The monoisotopic (exact) mass is 311 g/mol. The van der Waals surface area contributed by atoms with E-state index in [4.69, 9.17) is 4.74 Å². The molecule has 3 heterocycles. The second-order valence-corrected chi connectivity index (χ2v) is 6.54. The molecule has 1 amide bonds. The summed E-state index contributed by atoms with van der Waals surface area (Å²) < 4.78 is 7.22. The maximum Gasteiger partial charge on any atom is 0.261 e. The molecule has 2 atom stereocenters. The molecule has 23 heavy (non-hydrogen) atoms. The van der Waals surface area contributed by atoms with Crippen molar-refractivity contribution in [2.75, 3.05) is 24.7 Å². The van der Waals surface area contributed by atoms with Crippen molar-refractivity contribution in [1.29, 1.82) is 0 Å². The second-order valence-electron chi connectivity index (χ2n) is 6.54. The summed E-state index contributed by atoms with van der Waals surface area (Å²) in [5.74, 6) is 0.646. The molecule has 2 aliphatic heterocycles. The number of anilines is 1. The quantitative estimate of drug-likeness (QED) is 0.857. The first kappa shape index (κ1) is 14.5. The van der Waals surface area contributed by atoms with Crippen molar-refractivity contribution in [1.82, 2.24) is 9.78 Å². The number of hydrogen-bond acceptors (Lipinski definition) is 3. The zero-order valence-electron chi connectivity index (χ0n) is 13.5. The molecule has 2 unspecified atom stereocenters. The van der Waals surface area contributed by atoms with Crippen LogP contribution in [0, 0.1) is 0 Å². The smallest absolute Gasteiger partial charge is 0.261 e. The Hall–Kier alpha value is -2.14. The molecule has 120 valence electrons. The fourth-order valence-electron chi connectivity index (χ4n) is 3.68. The number of aromatic nitrogens is 2. The van der Waals surface area contributed by atoms with Crippen molar-refractivity contribution in [3.05, 3.63) is 47.3 Å². The number of nitrogens with zero attached hydrogens (tertiary/aromatic N) is 3. The minimum absolute atomic E-state index is 0.0526. The Morgan fingerprint density at radius 3 is 2.96 bits per heavy atom. The lowest BCUT2D eigenvalue weighted by atomic mass is 10.0. The van der Waals surface area contributed by atoms with E-state index in [1.54, 1.807) is 4.68 Å². The third-order valence-corrected chi connectivity index (χ3v) is 4.86. The molecule has 5 heteroatoms. The van der Waals surface area contributed by atoms with Crippen LogP contribution < -0.4 is 4.90 Å². The molecule has 0 saturated carbocycles. The van der Waals surface area contributed by atoms with Gasteiger partial charge in [-0.1, -0.05) is 25.1 Å². The van der Waals surface area contributed by atoms with E-state index in [1.165, 1.54) is 5.56 Å². The highest BCUT2D eigenvalue weighted by atomic mass is 16.5. The summed E-state index contributed by atoms with van der Waals surface area (Å²) in [7, 11) is 1.87. The standard InChI is InChI=1S/C18H21N3O2/c1-12-9-21(16-6-4-3-5-14(12)16)18(22)15-10-20(2)19-17(15)13-7-8-23-11-13/h3-6,10,12-13H,7-9,11H2,1-2H3. The predicted molar refractivity (Wildman–Crippen MR) is 87.9 cm³/mol. The Morgan fingerprint density at radius 2 is 2.17 bits per heavy atom. The minimum Gasteiger partial charge on any atom is -0.381 e. The molecule has 4 rings (SSSR count). The lowest BCUT2D eigenvalue weighted by Gasteiger charge is -2.18. The van der Waals surface area contributed by atoms with Gasteiger partial charge in [-0.2, -0.15) is 5.10 Å². The summed E-state index contributed by atoms with van der Waals surface area (Å²) in [5, 5.41) is 4.55. The number of carbonyl (C=O) groups excluding carboxylic acids is 1. The lowest BCUT2D eigenvalue weighted by molar-refractivity contribution is 0.0987. The average Bonchev–Trinajstić information content (AvgIpc) is 3.26. The highest BCUT2D eigenvalue weighted by molar-refractivity contribution is 6.08. The summed E-state index contributed by atoms with van der Waals surface area (Å²) in [6, 6.07) is 8.18. The van der Waals surface area contributed by atoms with Gasteiger partial charge in [0.05, 0.1) is 17.9 Å². The molecule has 0 N–H and O–H groups in total. The Kier molecular flexibility index (Phi) is 3.45. The molecule has 1 aromatic heterocycles. The van der Waals surface area contributed by atoms with Crippen LogP contribution in [-0.4, -0.2) is 35.4 Å². The first-order valence-electron chi connectivity index (χ1n) is 8.17. The molecule has 1 saturated heterocycles. The largest absolute Gasteiger partial charge is 0.381 e. The van der Waals surface area contributed by atoms with Gasteiger partial charge in [-0.3, -0.25) is 9.48 Å². The van der Waals surface area contributed by atoms with E-state index in [2.05, 4.69) is 18.1 Å². The van der Waals surface area contributed by atoms with Crippen LogP contribution in [-0.2, 0) is 11.8 Å². The van der Waals surface area contributed by atoms with Gasteiger partial charge in [0.1, 0.15) is 0 Å². The molecule has 0 spiro atoms. The van der Waals surface area contributed by atoms with Crippen molar-refractivity contribution in [3.8, 4) is 0 Å². The fourth-order valence-corrected chi connectivity index (χ4v) is 3.68. The second kappa shape index (κ2) is 5.49. The number of aryl methyl sites for hydroxylation is 1. The Bertz CT molecular complexity index is 746. The van der Waals surface area contributed by atoms with E-state index < -0.39 is 0 Å². The van der Waals surface area contributed by atoms with Gasteiger partial charge in [0.15, 0.2) is 0 Å². The van der Waals surface area contributed by atoms with E-state index in [1.807, 2.05) is 36.3 Å². The summed E-state index contributed by atoms with van der Waals surface area (Å²) in [5.41, 5.74) is 3.87. The van der Waals surface area contributed by atoms with E-state index in [0.29, 0.717) is 18.1 Å². The lowest BCUT2D eigenvalue weighted by Crippen LogP contribution is -2.30. The Labute approximate surface area is 135 Å². The highest BCUT2D eigenvalue weighted by Crippen LogP contribution is 2.37. The molecule has 2 aliphatic rings. The van der Waals surface area contributed by atoms with E-state index in [-0.39, 0.29) is 11.8 Å². The van der Waals surface area contributed by atoms with E-state index >= 15 is 0 Å². The van der Waals surface area contributed by atoms with Gasteiger partial charge in [0.2, 0.25) is 0 Å². The molecule has 0 aliphatic carbocycles. The number of hydrogen-bond donors (Lipinski definition) is 0. The van der Waals surface area contributed by atoms with Crippen LogP contribution in [0.5, 0.6) is 0 Å². The van der Waals surface area contributed by atoms with Gasteiger partial charge in [-0.15, -0.1) is 0 Å². The molecular formula is C18H21N3O2. The molecule has 1 aromatic carbocycles. The molecular weight excluding hydrogens is 290 g/mol. The van der Waals surface area contributed by atoms with Crippen molar-refractivity contribution in [2.45, 2.75) is 25.2 Å². The van der Waals surface area contributed by atoms with E-state index in [9.17, 15) is 4.79 Å². The third-order valence-electron chi connectivity index (χ3n) is 4.86. The molecule has 1 fully saturated rings. The van der Waals surface area contributed by atoms with Gasteiger partial charge in [0.25, 0.3) is 5.91 Å². The number of ether oxygens (including phenoxy) is 1. The number of carbonyl (C=O) groups is 1. The highest BCUT2D eigenvalue weighted by Gasteiger charge is 2.34. The zero-order valence-corrected chi connectivity index (χ0v) is 13.5. The van der Waals surface area contributed by atoms with Gasteiger partial charge in [0, 0.05) is 43.9 Å². The zero-order chi connectivity index (χ0) is 16.0. The topological polar surface area (TPSA) is 47.4 Å². The van der Waals surface area contributed by atoms with Crippen LogP contribution in [0.3, 0.4) is 0 Å². The number of amides is 1. The molecule has 2 aromatic rings. The first-order valence-corrected chi connectivity index (χ1v) is 8.17. The molecule has 0 radical (unpaired) electrons. The summed E-state index contributed by atoms with van der Waals surface area (Å²) in [4.78, 5) is 15.1. The van der Waals surface area contributed by atoms with Crippen molar-refractivity contribution in [2.24, 2.45) is 7.05 Å². The van der Waals surface area contributed by atoms with Gasteiger partial charge < -0.3 is 9.64 Å². The maximum atomic E-state index is 13.2. The van der Waals surface area contributed by atoms with Crippen LogP contribution in [0.1, 0.15) is 46.8 Å². The summed E-state index contributed by atoms with van der Waals surface area (Å²) in [6.07, 6.45) is 2.78. The van der Waals surface area contributed by atoms with E-state index in [0.717, 1.165) is 31.0 Å². The number of para-hydroxylation sites is 1. The molecule has 0 bridgehead atoms. The number of benzene rings is 1. The van der Waals surface area contributed by atoms with Crippen molar-refractivity contribution >= 4 is 11.6 Å². The van der Waals surface area contributed by atoms with Crippen LogP contribution in [0.15, 0.2) is 30.5 Å². The van der Waals surface area contributed by atoms with Crippen molar-refractivity contribution in [3.63, 3.8) is 0 Å². The third kappa shape index (κ3) is 2.36. The van der Waals surface area contributed by atoms with Crippen LogP contribution in [0.4, 0.5) is 5.69 Å². The SMILES string of the molecule is CC1CN(C(=O)c2cn(C)nc2C2CCOC2)c2ccccc21. The minimum atomic E-state index is 0.0526. The number of fused-ring (bicyclic) bond motifs is 1. The normalized spacial score (nSPS) is 23.3. The van der Waals surface area contributed by atoms with Crippen LogP contribution in [0.2, 0.25) is 0 Å². The van der Waals surface area contributed by atoms with Crippen molar-refractivity contribution < 1.29 is 9.53 Å². The fraction of sp³-hybridized carbons (Fsp3) is 0.444. The van der Waals surface area contributed by atoms with Gasteiger partial charge >= 0.3 is 0 Å². The Balaban J connectivity index is 1.71. The van der Waals surface area contributed by atoms with Crippen LogP contribution in [0.25, 0.3) is 0 Å².